The number of piperidine rings is 1. The molecule has 3 heterocycles. The van der Waals surface area contributed by atoms with Gasteiger partial charge in [-0.1, -0.05) is 30.3 Å². The van der Waals surface area contributed by atoms with Crippen molar-refractivity contribution in [1.29, 1.82) is 0 Å². The summed E-state index contributed by atoms with van der Waals surface area (Å²) in [5.74, 6) is -0.190. The zero-order valence-corrected chi connectivity index (χ0v) is 19.6. The van der Waals surface area contributed by atoms with Crippen molar-refractivity contribution in [2.45, 2.75) is 39.8 Å². The Morgan fingerprint density at radius 1 is 1.06 bits per heavy atom. The topological polar surface area (TPSA) is 102 Å². The van der Waals surface area contributed by atoms with Gasteiger partial charge in [-0.3, -0.25) is 14.3 Å². The molecular weight excluding hydrogens is 432 g/mol. The summed E-state index contributed by atoms with van der Waals surface area (Å²) in [6, 6.07) is 11.9. The molecule has 4 rings (SSSR count). The van der Waals surface area contributed by atoms with Gasteiger partial charge < -0.3 is 15.0 Å². The molecule has 9 nitrogen and oxygen atoms in total. The first-order chi connectivity index (χ1) is 16.5. The van der Waals surface area contributed by atoms with E-state index in [9.17, 15) is 9.59 Å². The first kappa shape index (κ1) is 23.4. The highest BCUT2D eigenvalue weighted by Crippen LogP contribution is 2.21. The van der Waals surface area contributed by atoms with Crippen LogP contribution in [-0.2, 0) is 27.4 Å². The Bertz CT molecular complexity index is 1110. The zero-order valence-electron chi connectivity index (χ0n) is 19.6. The number of rotatable bonds is 8. The first-order valence-corrected chi connectivity index (χ1v) is 11.5. The van der Waals surface area contributed by atoms with E-state index in [0.29, 0.717) is 45.0 Å². The number of ether oxygens (including phenoxy) is 1. The lowest BCUT2D eigenvalue weighted by Crippen LogP contribution is -2.38. The van der Waals surface area contributed by atoms with Crippen molar-refractivity contribution in [2.75, 3.05) is 24.6 Å². The molecule has 0 spiro atoms. The number of anilines is 1. The van der Waals surface area contributed by atoms with E-state index in [1.807, 2.05) is 36.7 Å². The van der Waals surface area contributed by atoms with Crippen LogP contribution in [0.2, 0.25) is 0 Å². The van der Waals surface area contributed by atoms with E-state index in [4.69, 9.17) is 4.74 Å². The molecule has 0 bridgehead atoms. The number of hydrogen-bond donors (Lipinski definition) is 1. The molecule has 1 N–H and O–H groups in total. The second kappa shape index (κ2) is 10.9. The van der Waals surface area contributed by atoms with Crippen molar-refractivity contribution in [3.8, 4) is 0 Å². The van der Waals surface area contributed by atoms with Crippen LogP contribution >= 0.6 is 0 Å². The quantitative estimate of drug-likeness (QED) is 0.513. The molecule has 0 saturated carbocycles. The number of amides is 1. The lowest BCUT2D eigenvalue weighted by Gasteiger charge is -2.30. The molecule has 178 valence electrons. The van der Waals surface area contributed by atoms with E-state index in [1.165, 1.54) is 0 Å². The molecule has 1 aliphatic rings. The summed E-state index contributed by atoms with van der Waals surface area (Å²) in [4.78, 5) is 35.3. The number of carbonyl (C=O) groups excluding carboxylic acids is 2. The van der Waals surface area contributed by atoms with E-state index < -0.39 is 0 Å². The SMILES string of the molecule is Cc1nn(Cc2ccccc2)c(C)c1CNC(=O)COC(=O)C1CCN(c2ncccn2)CC1. The summed E-state index contributed by atoms with van der Waals surface area (Å²) in [6.45, 7) is 6.03. The number of aromatic nitrogens is 4. The molecule has 0 aliphatic carbocycles. The van der Waals surface area contributed by atoms with Crippen molar-refractivity contribution in [1.82, 2.24) is 25.1 Å². The van der Waals surface area contributed by atoms with Crippen LogP contribution in [0.15, 0.2) is 48.8 Å². The molecule has 1 aliphatic heterocycles. The maximum atomic E-state index is 12.4. The highest BCUT2D eigenvalue weighted by atomic mass is 16.5. The predicted octanol–water partition coefficient (Wildman–Crippen LogP) is 2.41. The lowest BCUT2D eigenvalue weighted by atomic mass is 9.97. The summed E-state index contributed by atoms with van der Waals surface area (Å²) in [5, 5.41) is 7.46. The van der Waals surface area contributed by atoms with E-state index in [2.05, 4.69) is 37.4 Å². The van der Waals surface area contributed by atoms with Crippen LogP contribution in [-0.4, -0.2) is 51.3 Å². The van der Waals surface area contributed by atoms with Gasteiger partial charge in [-0.25, -0.2) is 9.97 Å². The van der Waals surface area contributed by atoms with Crippen LogP contribution in [0.5, 0.6) is 0 Å². The standard InChI is InChI=1S/C25H30N6O3/c1-18-22(19(2)31(29-18)16-20-7-4-3-5-8-20)15-28-23(32)17-34-24(33)21-9-13-30(14-10-21)25-26-11-6-12-27-25/h3-8,11-12,21H,9-10,13-17H2,1-2H3,(H,28,32). The van der Waals surface area contributed by atoms with Gasteiger partial charge in [0.15, 0.2) is 6.61 Å². The molecule has 1 fully saturated rings. The van der Waals surface area contributed by atoms with Crippen LogP contribution in [0.4, 0.5) is 5.95 Å². The molecule has 34 heavy (non-hydrogen) atoms. The van der Waals surface area contributed by atoms with Gasteiger partial charge in [-0.2, -0.15) is 5.10 Å². The molecule has 2 aromatic heterocycles. The minimum Gasteiger partial charge on any atom is -0.455 e. The molecule has 9 heteroatoms. The molecule has 1 aromatic carbocycles. The summed E-state index contributed by atoms with van der Waals surface area (Å²) in [6.07, 6.45) is 4.71. The van der Waals surface area contributed by atoms with Gasteiger partial charge in [-0.05, 0) is 38.3 Å². The van der Waals surface area contributed by atoms with Crippen molar-refractivity contribution in [3.63, 3.8) is 0 Å². The fourth-order valence-corrected chi connectivity index (χ4v) is 4.16. The van der Waals surface area contributed by atoms with Crippen LogP contribution in [0.3, 0.4) is 0 Å². The van der Waals surface area contributed by atoms with Gasteiger partial charge in [0.25, 0.3) is 5.91 Å². The summed E-state index contributed by atoms with van der Waals surface area (Å²) in [7, 11) is 0. The molecule has 3 aromatic rings. The molecule has 1 saturated heterocycles. The maximum Gasteiger partial charge on any atom is 0.309 e. The van der Waals surface area contributed by atoms with Gasteiger partial charge >= 0.3 is 5.97 Å². The monoisotopic (exact) mass is 462 g/mol. The van der Waals surface area contributed by atoms with Crippen LogP contribution < -0.4 is 10.2 Å². The van der Waals surface area contributed by atoms with Crippen LogP contribution in [0, 0.1) is 19.8 Å². The van der Waals surface area contributed by atoms with E-state index >= 15 is 0 Å². The number of nitrogens with one attached hydrogen (secondary N) is 1. The molecule has 1 amide bonds. The van der Waals surface area contributed by atoms with E-state index in [-0.39, 0.29) is 24.4 Å². The van der Waals surface area contributed by atoms with Crippen LogP contribution in [0.1, 0.15) is 35.4 Å². The number of esters is 1. The highest BCUT2D eigenvalue weighted by Gasteiger charge is 2.27. The number of hydrogen-bond acceptors (Lipinski definition) is 7. The summed E-state index contributed by atoms with van der Waals surface area (Å²) >= 11 is 0. The van der Waals surface area contributed by atoms with Gasteiger partial charge in [0.05, 0.1) is 18.2 Å². The van der Waals surface area contributed by atoms with Crippen molar-refractivity contribution in [2.24, 2.45) is 5.92 Å². The molecule has 0 radical (unpaired) electrons. The summed E-state index contributed by atoms with van der Waals surface area (Å²) in [5.41, 5.74) is 4.02. The number of nitrogens with zero attached hydrogens (tertiary/aromatic N) is 5. The van der Waals surface area contributed by atoms with E-state index in [1.54, 1.807) is 18.5 Å². The Labute approximate surface area is 199 Å². The van der Waals surface area contributed by atoms with E-state index in [0.717, 1.165) is 22.5 Å². The predicted molar refractivity (Wildman–Crippen MR) is 127 cm³/mol. The Hall–Kier alpha value is -3.75. The highest BCUT2D eigenvalue weighted by molar-refractivity contribution is 5.81. The van der Waals surface area contributed by atoms with Crippen LogP contribution in [0.25, 0.3) is 0 Å². The molecule has 0 atom stereocenters. The Morgan fingerprint density at radius 2 is 1.76 bits per heavy atom. The smallest absolute Gasteiger partial charge is 0.309 e. The average Bonchev–Trinajstić information content (AvgIpc) is 3.14. The van der Waals surface area contributed by atoms with Crippen molar-refractivity contribution < 1.29 is 14.3 Å². The summed E-state index contributed by atoms with van der Waals surface area (Å²) < 4.78 is 7.24. The fourth-order valence-electron chi connectivity index (χ4n) is 4.16. The van der Waals surface area contributed by atoms with Gasteiger partial charge in [0.2, 0.25) is 5.95 Å². The van der Waals surface area contributed by atoms with Crippen molar-refractivity contribution >= 4 is 17.8 Å². The van der Waals surface area contributed by atoms with Crippen molar-refractivity contribution in [3.05, 3.63) is 71.3 Å². The average molecular weight is 463 g/mol. The minimum atomic E-state index is -0.327. The fraction of sp³-hybridized carbons (Fsp3) is 0.400. The Kier molecular flexibility index (Phi) is 7.51. The van der Waals surface area contributed by atoms with Gasteiger partial charge in [0, 0.05) is 43.3 Å². The second-order valence-electron chi connectivity index (χ2n) is 8.49. The third-order valence-corrected chi connectivity index (χ3v) is 6.18. The second-order valence-corrected chi connectivity index (χ2v) is 8.49. The first-order valence-electron chi connectivity index (χ1n) is 11.5. The maximum absolute atomic E-state index is 12.4. The number of carbonyl (C=O) groups is 2. The van der Waals surface area contributed by atoms with Gasteiger partial charge in [-0.15, -0.1) is 0 Å². The lowest BCUT2D eigenvalue weighted by molar-refractivity contribution is -0.153. The minimum absolute atomic E-state index is 0.214. The molecule has 0 unspecified atom stereocenters. The number of aryl methyl sites for hydroxylation is 1. The molecular formula is C25H30N6O3. The largest absolute Gasteiger partial charge is 0.455 e. The third kappa shape index (κ3) is 5.78. The third-order valence-electron chi connectivity index (χ3n) is 6.18. The Balaban J connectivity index is 1.21. The number of benzene rings is 1. The Morgan fingerprint density at radius 3 is 2.47 bits per heavy atom. The van der Waals surface area contributed by atoms with Gasteiger partial charge in [0.1, 0.15) is 0 Å². The zero-order chi connectivity index (χ0) is 23.9. The normalized spacial score (nSPS) is 14.1.